The number of likely N-dealkylation sites (N-methyl/N-ethyl adjacent to an activating group) is 1. The molecule has 13 heavy (non-hydrogen) atoms. The first kappa shape index (κ1) is 8.97. The molecule has 1 unspecified atom stereocenters. The smallest absolute Gasteiger partial charge is 0.0595 e. The minimum Gasteiger partial charge on any atom is -0.309 e. The molecule has 2 rings (SSSR count). The zero-order valence-electron chi connectivity index (χ0n) is 7.97. The molecule has 1 aromatic rings. The van der Waals surface area contributed by atoms with E-state index in [9.17, 15) is 0 Å². The summed E-state index contributed by atoms with van der Waals surface area (Å²) in [6.07, 6.45) is 5.88. The fraction of sp³-hybridized carbons (Fsp3) is 0.455. The van der Waals surface area contributed by atoms with E-state index in [2.05, 4.69) is 18.0 Å². The Labute approximate surface area is 83.5 Å². The maximum absolute atomic E-state index is 3.84. The third kappa shape index (κ3) is 1.56. The summed E-state index contributed by atoms with van der Waals surface area (Å²) in [4.78, 5) is 3.01. The average molecular weight is 193 g/mol. The predicted octanol–water partition coefficient (Wildman–Crippen LogP) is 2.68. The Bertz CT molecular complexity index is 292. The Morgan fingerprint density at radius 2 is 2.46 bits per heavy atom. The first-order chi connectivity index (χ1) is 6.35. The Morgan fingerprint density at radius 3 is 3.08 bits per heavy atom. The monoisotopic (exact) mass is 193 g/mol. The van der Waals surface area contributed by atoms with Crippen LogP contribution in [0.1, 0.15) is 27.8 Å². The van der Waals surface area contributed by atoms with E-state index in [4.69, 9.17) is 0 Å². The Balaban J connectivity index is 2.26. The molecule has 1 atom stereocenters. The van der Waals surface area contributed by atoms with Crippen LogP contribution < -0.4 is 5.32 Å². The zero-order valence-corrected chi connectivity index (χ0v) is 8.79. The summed E-state index contributed by atoms with van der Waals surface area (Å²) < 4.78 is 0. The Morgan fingerprint density at radius 1 is 1.62 bits per heavy atom. The molecule has 0 radical (unpaired) electrons. The summed E-state index contributed by atoms with van der Waals surface area (Å²) in [5.41, 5.74) is 1.57. The van der Waals surface area contributed by atoms with Crippen molar-refractivity contribution in [2.75, 3.05) is 7.05 Å². The molecule has 0 aromatic carbocycles. The largest absolute Gasteiger partial charge is 0.309 e. The van der Waals surface area contributed by atoms with Gasteiger partial charge in [-0.15, -0.1) is 17.9 Å². The van der Waals surface area contributed by atoms with Crippen LogP contribution in [0.25, 0.3) is 0 Å². The second kappa shape index (κ2) is 3.64. The molecule has 0 fully saturated rings. The van der Waals surface area contributed by atoms with E-state index in [-0.39, 0.29) is 0 Å². The number of hydrogen-bond donors (Lipinski definition) is 1. The first-order valence-corrected chi connectivity index (χ1v) is 5.58. The molecule has 1 N–H and O–H groups in total. The van der Waals surface area contributed by atoms with Gasteiger partial charge < -0.3 is 5.32 Å². The van der Waals surface area contributed by atoms with Crippen molar-refractivity contribution in [3.05, 3.63) is 34.0 Å². The lowest BCUT2D eigenvalue weighted by atomic mass is 10.2. The molecule has 0 bridgehead atoms. The summed E-state index contributed by atoms with van der Waals surface area (Å²) in [6.45, 7) is 3.84. The summed E-state index contributed by atoms with van der Waals surface area (Å²) in [6, 6.07) is 2.69. The summed E-state index contributed by atoms with van der Waals surface area (Å²) in [5.74, 6) is 0. The normalized spacial score (nSPS) is 17.0. The van der Waals surface area contributed by atoms with Gasteiger partial charge in [0.15, 0.2) is 0 Å². The van der Waals surface area contributed by atoms with Crippen molar-refractivity contribution in [3.8, 4) is 0 Å². The molecular weight excluding hydrogens is 178 g/mol. The van der Waals surface area contributed by atoms with E-state index >= 15 is 0 Å². The molecule has 1 heterocycles. The van der Waals surface area contributed by atoms with Gasteiger partial charge in [-0.05, 0) is 37.9 Å². The molecule has 0 amide bonds. The summed E-state index contributed by atoms with van der Waals surface area (Å²) in [7, 11) is 1.98. The van der Waals surface area contributed by atoms with E-state index in [0.29, 0.717) is 6.04 Å². The first-order valence-electron chi connectivity index (χ1n) is 4.76. The maximum atomic E-state index is 3.84. The third-order valence-electron chi connectivity index (χ3n) is 2.62. The molecular formula is C11H15NS. The number of hydrogen-bond acceptors (Lipinski definition) is 2. The molecule has 1 aliphatic carbocycles. The molecule has 0 aliphatic heterocycles. The van der Waals surface area contributed by atoms with E-state index in [1.807, 2.05) is 24.5 Å². The van der Waals surface area contributed by atoms with Crippen LogP contribution in [0.5, 0.6) is 0 Å². The molecule has 0 saturated carbocycles. The third-order valence-corrected chi connectivity index (χ3v) is 3.94. The molecule has 0 saturated heterocycles. The van der Waals surface area contributed by atoms with E-state index in [1.54, 1.807) is 10.4 Å². The van der Waals surface area contributed by atoms with Crippen molar-refractivity contribution >= 4 is 11.3 Å². The van der Waals surface area contributed by atoms with E-state index < -0.39 is 0 Å². The lowest BCUT2D eigenvalue weighted by Crippen LogP contribution is -2.11. The molecule has 1 aromatic heterocycles. The lowest BCUT2D eigenvalue weighted by molar-refractivity contribution is 0.728. The molecule has 1 aliphatic rings. The van der Waals surface area contributed by atoms with Gasteiger partial charge in [-0.1, -0.05) is 6.08 Å². The number of thiophene rings is 1. The second-order valence-corrected chi connectivity index (χ2v) is 4.62. The highest BCUT2D eigenvalue weighted by molar-refractivity contribution is 7.12. The van der Waals surface area contributed by atoms with Gasteiger partial charge in [-0.2, -0.15) is 0 Å². The van der Waals surface area contributed by atoms with Gasteiger partial charge in [0.25, 0.3) is 0 Å². The van der Waals surface area contributed by atoms with Crippen molar-refractivity contribution < 1.29 is 0 Å². The topological polar surface area (TPSA) is 12.0 Å². The SMILES string of the molecule is C=CC(NC)c1cc2c(s1)CCC2. The number of rotatable bonds is 3. The number of nitrogens with one attached hydrogen (secondary N) is 1. The fourth-order valence-electron chi connectivity index (χ4n) is 1.88. The predicted molar refractivity (Wildman–Crippen MR) is 58.3 cm³/mol. The van der Waals surface area contributed by atoms with Crippen LogP contribution in [-0.4, -0.2) is 7.05 Å². The summed E-state index contributed by atoms with van der Waals surface area (Å²) >= 11 is 1.95. The zero-order chi connectivity index (χ0) is 9.26. The van der Waals surface area contributed by atoms with Crippen molar-refractivity contribution in [1.82, 2.24) is 5.32 Å². The highest BCUT2D eigenvalue weighted by atomic mass is 32.1. The van der Waals surface area contributed by atoms with Gasteiger partial charge in [0.2, 0.25) is 0 Å². The summed E-state index contributed by atoms with van der Waals surface area (Å²) in [5, 5.41) is 3.25. The van der Waals surface area contributed by atoms with Gasteiger partial charge in [0.1, 0.15) is 0 Å². The van der Waals surface area contributed by atoms with Crippen LogP contribution in [-0.2, 0) is 12.8 Å². The van der Waals surface area contributed by atoms with Gasteiger partial charge in [0, 0.05) is 9.75 Å². The van der Waals surface area contributed by atoms with Crippen LogP contribution in [0.4, 0.5) is 0 Å². The Hall–Kier alpha value is -0.600. The van der Waals surface area contributed by atoms with Crippen molar-refractivity contribution in [1.29, 1.82) is 0 Å². The van der Waals surface area contributed by atoms with Crippen LogP contribution in [0.3, 0.4) is 0 Å². The lowest BCUT2D eigenvalue weighted by Gasteiger charge is -2.07. The van der Waals surface area contributed by atoms with Crippen LogP contribution in [0, 0.1) is 0 Å². The van der Waals surface area contributed by atoms with Gasteiger partial charge in [-0.25, -0.2) is 0 Å². The quantitative estimate of drug-likeness (QED) is 0.728. The number of aryl methyl sites for hydroxylation is 2. The number of fused-ring (bicyclic) bond motifs is 1. The average Bonchev–Trinajstić information content (AvgIpc) is 2.65. The van der Waals surface area contributed by atoms with E-state index in [1.165, 1.54) is 24.1 Å². The highest BCUT2D eigenvalue weighted by Gasteiger charge is 2.17. The molecule has 0 spiro atoms. The molecule has 70 valence electrons. The molecule has 2 heteroatoms. The fourth-order valence-corrected chi connectivity index (χ4v) is 3.25. The highest BCUT2D eigenvalue weighted by Crippen LogP contribution is 2.33. The van der Waals surface area contributed by atoms with Crippen LogP contribution in [0.15, 0.2) is 18.7 Å². The Kier molecular flexibility index (Phi) is 2.51. The molecule has 1 nitrogen and oxygen atoms in total. The second-order valence-electron chi connectivity index (χ2n) is 3.45. The standard InChI is InChI=1S/C11H15NS/c1-3-9(12-2)11-7-8-5-4-6-10(8)13-11/h3,7,9,12H,1,4-6H2,2H3. The van der Waals surface area contributed by atoms with Crippen molar-refractivity contribution in [2.45, 2.75) is 25.3 Å². The minimum atomic E-state index is 0.343. The maximum Gasteiger partial charge on any atom is 0.0595 e. The van der Waals surface area contributed by atoms with Crippen molar-refractivity contribution in [2.24, 2.45) is 0 Å². The van der Waals surface area contributed by atoms with Gasteiger partial charge >= 0.3 is 0 Å². The van der Waals surface area contributed by atoms with E-state index in [0.717, 1.165) is 0 Å². The van der Waals surface area contributed by atoms with Crippen molar-refractivity contribution in [3.63, 3.8) is 0 Å². The minimum absolute atomic E-state index is 0.343. The van der Waals surface area contributed by atoms with Gasteiger partial charge in [-0.3, -0.25) is 0 Å². The van der Waals surface area contributed by atoms with Crippen LogP contribution in [0.2, 0.25) is 0 Å². The van der Waals surface area contributed by atoms with Gasteiger partial charge in [0.05, 0.1) is 6.04 Å². The van der Waals surface area contributed by atoms with Crippen LogP contribution >= 0.6 is 11.3 Å².